The molecule has 0 amide bonds. The lowest BCUT2D eigenvalue weighted by Gasteiger charge is -2.14. The van der Waals surface area contributed by atoms with Gasteiger partial charge < -0.3 is 5.32 Å². The maximum Gasteiger partial charge on any atom is 0.419 e. The van der Waals surface area contributed by atoms with Gasteiger partial charge in [0.2, 0.25) is 0 Å². The zero-order chi connectivity index (χ0) is 13.2. The van der Waals surface area contributed by atoms with Gasteiger partial charge in [-0.1, -0.05) is 12.8 Å². The van der Waals surface area contributed by atoms with Crippen molar-refractivity contribution in [3.8, 4) is 0 Å². The van der Waals surface area contributed by atoms with E-state index in [1.54, 1.807) is 0 Å². The fraction of sp³-hybridized carbons (Fsp3) is 0.538. The first-order valence-corrected chi connectivity index (χ1v) is 6.07. The summed E-state index contributed by atoms with van der Waals surface area (Å²) in [6.45, 7) is 0.656. The lowest BCUT2D eigenvalue weighted by Crippen LogP contribution is -2.13. The van der Waals surface area contributed by atoms with Gasteiger partial charge in [-0.2, -0.15) is 13.2 Å². The molecule has 0 radical (unpaired) electrons. The molecule has 0 spiro atoms. The zero-order valence-electron chi connectivity index (χ0n) is 9.86. The molecule has 1 aromatic carbocycles. The number of rotatable bonds is 3. The summed E-state index contributed by atoms with van der Waals surface area (Å²) in [5.74, 6) is -0.710. The maximum atomic E-state index is 13.1. The van der Waals surface area contributed by atoms with E-state index < -0.39 is 17.6 Å². The summed E-state index contributed by atoms with van der Waals surface area (Å²) < 4.78 is 50.6. The highest BCUT2D eigenvalue weighted by Crippen LogP contribution is 2.33. The van der Waals surface area contributed by atoms with Crippen LogP contribution in [0.25, 0.3) is 0 Å². The number of hydrogen-bond donors (Lipinski definition) is 1. The van der Waals surface area contributed by atoms with E-state index >= 15 is 0 Å². The summed E-state index contributed by atoms with van der Waals surface area (Å²) in [5, 5.41) is 2.96. The molecule has 1 aromatic rings. The minimum Gasteiger partial charge on any atom is -0.385 e. The van der Waals surface area contributed by atoms with Crippen molar-refractivity contribution in [1.82, 2.24) is 0 Å². The van der Waals surface area contributed by atoms with E-state index in [1.807, 2.05) is 0 Å². The van der Waals surface area contributed by atoms with Crippen LogP contribution >= 0.6 is 0 Å². The molecule has 0 unspecified atom stereocenters. The molecule has 18 heavy (non-hydrogen) atoms. The van der Waals surface area contributed by atoms with E-state index in [0.29, 0.717) is 18.2 Å². The molecule has 1 fully saturated rings. The highest BCUT2D eigenvalue weighted by atomic mass is 19.4. The predicted octanol–water partition coefficient (Wildman–Crippen LogP) is 4.45. The average Bonchev–Trinajstić information content (AvgIpc) is 2.79. The molecule has 1 aliphatic rings. The van der Waals surface area contributed by atoms with Crippen LogP contribution in [0.2, 0.25) is 0 Å². The second-order valence-electron chi connectivity index (χ2n) is 4.72. The van der Waals surface area contributed by atoms with Crippen molar-refractivity contribution in [2.75, 3.05) is 11.9 Å². The Kier molecular flexibility index (Phi) is 3.78. The van der Waals surface area contributed by atoms with Gasteiger partial charge in [-0.15, -0.1) is 0 Å². The topological polar surface area (TPSA) is 12.0 Å². The second-order valence-corrected chi connectivity index (χ2v) is 4.72. The lowest BCUT2D eigenvalue weighted by molar-refractivity contribution is -0.139. The van der Waals surface area contributed by atoms with Gasteiger partial charge in [-0.25, -0.2) is 4.39 Å². The monoisotopic (exact) mass is 261 g/mol. The van der Waals surface area contributed by atoms with E-state index in [9.17, 15) is 17.6 Å². The van der Waals surface area contributed by atoms with Crippen molar-refractivity contribution >= 4 is 5.69 Å². The molecule has 0 heterocycles. The molecule has 0 bridgehead atoms. The number of benzene rings is 1. The number of anilines is 1. The molecule has 1 saturated carbocycles. The Balaban J connectivity index is 2.04. The molecule has 100 valence electrons. The fourth-order valence-electron chi connectivity index (χ4n) is 2.33. The number of nitrogens with one attached hydrogen (secondary N) is 1. The Morgan fingerprint density at radius 2 is 1.83 bits per heavy atom. The van der Waals surface area contributed by atoms with Crippen LogP contribution in [0, 0.1) is 11.7 Å². The molecule has 0 aromatic heterocycles. The summed E-state index contributed by atoms with van der Waals surface area (Å²) in [4.78, 5) is 0. The molecular formula is C13H15F4N. The van der Waals surface area contributed by atoms with E-state index in [0.717, 1.165) is 25.0 Å². The molecule has 5 heteroatoms. The van der Waals surface area contributed by atoms with Crippen LogP contribution in [0.5, 0.6) is 0 Å². The van der Waals surface area contributed by atoms with E-state index in [2.05, 4.69) is 5.32 Å². The van der Waals surface area contributed by atoms with E-state index in [1.165, 1.54) is 18.9 Å². The Morgan fingerprint density at radius 3 is 2.44 bits per heavy atom. The van der Waals surface area contributed by atoms with Crippen LogP contribution in [0.15, 0.2) is 18.2 Å². The number of alkyl halides is 3. The van der Waals surface area contributed by atoms with Crippen molar-refractivity contribution in [1.29, 1.82) is 0 Å². The van der Waals surface area contributed by atoms with Crippen LogP contribution in [-0.2, 0) is 6.18 Å². The quantitative estimate of drug-likeness (QED) is 0.793. The van der Waals surface area contributed by atoms with Gasteiger partial charge in [-0.3, -0.25) is 0 Å². The number of hydrogen-bond acceptors (Lipinski definition) is 1. The molecule has 1 N–H and O–H groups in total. The van der Waals surface area contributed by atoms with E-state index in [4.69, 9.17) is 0 Å². The number of halogens is 4. The molecule has 2 rings (SSSR count). The lowest BCUT2D eigenvalue weighted by atomic mass is 10.1. The van der Waals surface area contributed by atoms with Gasteiger partial charge in [0.1, 0.15) is 5.82 Å². The largest absolute Gasteiger partial charge is 0.419 e. The van der Waals surface area contributed by atoms with Crippen molar-refractivity contribution in [2.45, 2.75) is 31.9 Å². The zero-order valence-corrected chi connectivity index (χ0v) is 9.86. The van der Waals surface area contributed by atoms with Crippen molar-refractivity contribution in [2.24, 2.45) is 5.92 Å². The summed E-state index contributed by atoms with van der Waals surface area (Å²) in [6, 6.07) is 3.05. The summed E-state index contributed by atoms with van der Waals surface area (Å²) >= 11 is 0. The molecule has 0 aliphatic heterocycles. The first-order valence-electron chi connectivity index (χ1n) is 6.07. The fourth-order valence-corrected chi connectivity index (χ4v) is 2.33. The smallest absolute Gasteiger partial charge is 0.385 e. The molecule has 1 nitrogen and oxygen atoms in total. The SMILES string of the molecule is Fc1ccc(NCC2CCCC2)cc1C(F)(F)F. The third kappa shape index (κ3) is 3.15. The Bertz CT molecular complexity index is 408. The van der Waals surface area contributed by atoms with Gasteiger partial charge >= 0.3 is 6.18 Å². The summed E-state index contributed by atoms with van der Waals surface area (Å²) in [7, 11) is 0. The maximum absolute atomic E-state index is 13.1. The van der Waals surface area contributed by atoms with Gasteiger partial charge in [0.25, 0.3) is 0 Å². The summed E-state index contributed by atoms with van der Waals surface area (Å²) in [5.41, 5.74) is -0.880. The minimum absolute atomic E-state index is 0.329. The predicted molar refractivity (Wildman–Crippen MR) is 61.8 cm³/mol. The highest BCUT2D eigenvalue weighted by molar-refractivity contribution is 5.47. The van der Waals surface area contributed by atoms with Crippen molar-refractivity contribution in [3.63, 3.8) is 0 Å². The normalized spacial score (nSPS) is 17.1. The third-order valence-corrected chi connectivity index (χ3v) is 3.34. The molecule has 0 atom stereocenters. The van der Waals surface area contributed by atoms with Crippen molar-refractivity contribution in [3.05, 3.63) is 29.6 Å². The first-order chi connectivity index (χ1) is 8.47. The van der Waals surface area contributed by atoms with Gasteiger partial charge in [0.15, 0.2) is 0 Å². The molecule has 1 aliphatic carbocycles. The van der Waals surface area contributed by atoms with E-state index in [-0.39, 0.29) is 0 Å². The highest BCUT2D eigenvalue weighted by Gasteiger charge is 2.34. The van der Waals surface area contributed by atoms with Crippen LogP contribution in [0.4, 0.5) is 23.2 Å². The van der Waals surface area contributed by atoms with Gasteiger partial charge in [0.05, 0.1) is 5.56 Å². The molecule has 0 saturated heterocycles. The van der Waals surface area contributed by atoms with Crippen LogP contribution in [0.3, 0.4) is 0 Å². The Labute approximate surface area is 103 Å². The molecular weight excluding hydrogens is 246 g/mol. The average molecular weight is 261 g/mol. The van der Waals surface area contributed by atoms with Crippen LogP contribution in [0.1, 0.15) is 31.2 Å². The standard InChI is InChI=1S/C13H15F4N/c14-12-6-5-10(7-11(12)13(15,16)17)18-8-9-3-1-2-4-9/h5-7,9,18H,1-4,8H2. The van der Waals surface area contributed by atoms with Crippen LogP contribution in [-0.4, -0.2) is 6.54 Å². The first kappa shape index (κ1) is 13.2. The summed E-state index contributed by atoms with van der Waals surface area (Å²) in [6.07, 6.45) is -0.0527. The minimum atomic E-state index is -4.64. The Hall–Kier alpha value is -1.26. The van der Waals surface area contributed by atoms with Gasteiger partial charge in [0, 0.05) is 12.2 Å². The third-order valence-electron chi connectivity index (χ3n) is 3.34. The Morgan fingerprint density at radius 1 is 1.17 bits per heavy atom. The van der Waals surface area contributed by atoms with Crippen molar-refractivity contribution < 1.29 is 17.6 Å². The van der Waals surface area contributed by atoms with Gasteiger partial charge in [-0.05, 0) is 37.0 Å². The second kappa shape index (κ2) is 5.16. The van der Waals surface area contributed by atoms with Crippen LogP contribution < -0.4 is 5.32 Å².